The summed E-state index contributed by atoms with van der Waals surface area (Å²) in [6, 6.07) is 0. The molecule has 0 aliphatic carbocycles. The summed E-state index contributed by atoms with van der Waals surface area (Å²) in [5, 5.41) is 8.95. The van der Waals surface area contributed by atoms with Gasteiger partial charge in [-0.25, -0.2) is 13.2 Å². The Morgan fingerprint density at radius 1 is 1.25 bits per heavy atom. The van der Waals surface area contributed by atoms with Gasteiger partial charge >= 0.3 is 5.69 Å². The first-order chi connectivity index (χ1) is 9.27. The summed E-state index contributed by atoms with van der Waals surface area (Å²) in [5.74, 6) is 0. The first-order valence-corrected chi connectivity index (χ1v) is 7.59. The van der Waals surface area contributed by atoms with E-state index in [0.717, 1.165) is 19.6 Å². The molecule has 1 rings (SSSR count). The Balaban J connectivity index is 3.50. The van der Waals surface area contributed by atoms with Crippen molar-refractivity contribution in [3.8, 4) is 0 Å². The monoisotopic (exact) mass is 305 g/mol. The Labute approximate surface area is 116 Å². The zero-order valence-corrected chi connectivity index (χ0v) is 12.6. The van der Waals surface area contributed by atoms with Crippen LogP contribution in [0.5, 0.6) is 0 Å². The van der Waals surface area contributed by atoms with Crippen LogP contribution in [-0.2, 0) is 24.1 Å². The Kier molecular flexibility index (Phi) is 5.26. The van der Waals surface area contributed by atoms with E-state index in [1.165, 1.54) is 14.1 Å². The SMILES string of the molecule is CCCN(CCO)S(=O)(=O)c1cn(C)c(=O)n(C)c1=O. The normalized spacial score (nSPS) is 12.1. The fraction of sp³-hybridized carbons (Fsp3) is 0.636. The third-order valence-electron chi connectivity index (χ3n) is 2.86. The lowest BCUT2D eigenvalue weighted by atomic mass is 10.5. The number of aryl methyl sites for hydroxylation is 1. The predicted molar refractivity (Wildman–Crippen MR) is 73.1 cm³/mol. The van der Waals surface area contributed by atoms with E-state index in [1.807, 2.05) is 0 Å². The smallest absolute Gasteiger partial charge is 0.330 e. The lowest BCUT2D eigenvalue weighted by Crippen LogP contribution is -2.43. The predicted octanol–water partition coefficient (Wildman–Crippen LogP) is -1.52. The van der Waals surface area contributed by atoms with Crippen LogP contribution in [0.15, 0.2) is 20.7 Å². The molecule has 8 nitrogen and oxygen atoms in total. The summed E-state index contributed by atoms with van der Waals surface area (Å²) >= 11 is 0. The molecule has 20 heavy (non-hydrogen) atoms. The van der Waals surface area contributed by atoms with Crippen molar-refractivity contribution >= 4 is 10.0 Å². The molecule has 0 amide bonds. The molecule has 0 aliphatic heterocycles. The Morgan fingerprint density at radius 2 is 1.85 bits per heavy atom. The highest BCUT2D eigenvalue weighted by Gasteiger charge is 2.27. The van der Waals surface area contributed by atoms with Gasteiger partial charge in [0.25, 0.3) is 5.56 Å². The average molecular weight is 305 g/mol. The van der Waals surface area contributed by atoms with Gasteiger partial charge < -0.3 is 9.67 Å². The third kappa shape index (κ3) is 3.00. The molecular weight excluding hydrogens is 286 g/mol. The van der Waals surface area contributed by atoms with E-state index in [1.54, 1.807) is 6.92 Å². The van der Waals surface area contributed by atoms with Crippen molar-refractivity contribution in [1.82, 2.24) is 13.4 Å². The summed E-state index contributed by atoms with van der Waals surface area (Å²) in [5.41, 5.74) is -1.47. The van der Waals surface area contributed by atoms with E-state index in [4.69, 9.17) is 5.11 Å². The van der Waals surface area contributed by atoms with Gasteiger partial charge in [0.1, 0.15) is 0 Å². The molecule has 1 aromatic heterocycles. The van der Waals surface area contributed by atoms with Gasteiger partial charge in [0.15, 0.2) is 4.90 Å². The van der Waals surface area contributed by atoms with Crippen LogP contribution >= 0.6 is 0 Å². The molecule has 0 radical (unpaired) electrons. The van der Waals surface area contributed by atoms with Gasteiger partial charge in [-0.3, -0.25) is 9.36 Å². The molecule has 1 aromatic rings. The molecule has 0 saturated carbocycles. The lowest BCUT2D eigenvalue weighted by molar-refractivity contribution is 0.253. The summed E-state index contributed by atoms with van der Waals surface area (Å²) < 4.78 is 27.7. The minimum Gasteiger partial charge on any atom is -0.395 e. The van der Waals surface area contributed by atoms with Crippen molar-refractivity contribution < 1.29 is 13.5 Å². The second kappa shape index (κ2) is 6.33. The van der Waals surface area contributed by atoms with Gasteiger partial charge in [0, 0.05) is 33.4 Å². The number of hydrogen-bond acceptors (Lipinski definition) is 5. The van der Waals surface area contributed by atoms with Crippen LogP contribution < -0.4 is 11.2 Å². The second-order valence-electron chi connectivity index (χ2n) is 4.38. The molecule has 0 aromatic carbocycles. The van der Waals surface area contributed by atoms with Crippen LogP contribution in [0, 0.1) is 0 Å². The molecule has 0 fully saturated rings. The first kappa shape index (κ1) is 16.6. The van der Waals surface area contributed by atoms with E-state index >= 15 is 0 Å². The molecule has 114 valence electrons. The van der Waals surface area contributed by atoms with E-state index < -0.39 is 26.2 Å². The molecule has 0 bridgehead atoms. The molecule has 0 unspecified atom stereocenters. The maximum Gasteiger partial charge on any atom is 0.330 e. The van der Waals surface area contributed by atoms with Gasteiger partial charge in [-0.1, -0.05) is 6.92 Å². The highest BCUT2D eigenvalue weighted by molar-refractivity contribution is 7.89. The Hall–Kier alpha value is -1.45. The quantitative estimate of drug-likeness (QED) is 0.687. The fourth-order valence-electron chi connectivity index (χ4n) is 1.80. The first-order valence-electron chi connectivity index (χ1n) is 6.15. The second-order valence-corrected chi connectivity index (χ2v) is 6.29. The average Bonchev–Trinajstić information content (AvgIpc) is 2.40. The van der Waals surface area contributed by atoms with Gasteiger partial charge in [-0.05, 0) is 6.42 Å². The van der Waals surface area contributed by atoms with Gasteiger partial charge in [0.05, 0.1) is 6.61 Å². The summed E-state index contributed by atoms with van der Waals surface area (Å²) in [6.45, 7) is 1.54. The number of hydrogen-bond donors (Lipinski definition) is 1. The van der Waals surface area contributed by atoms with Crippen molar-refractivity contribution in [2.75, 3.05) is 19.7 Å². The lowest BCUT2D eigenvalue weighted by Gasteiger charge is -2.20. The third-order valence-corrected chi connectivity index (χ3v) is 4.74. The molecule has 9 heteroatoms. The zero-order valence-electron chi connectivity index (χ0n) is 11.7. The molecule has 1 N–H and O–H groups in total. The number of aromatic nitrogens is 2. The van der Waals surface area contributed by atoms with Crippen molar-refractivity contribution in [1.29, 1.82) is 0 Å². The maximum absolute atomic E-state index is 12.4. The van der Waals surface area contributed by atoms with Crippen LogP contribution in [0.3, 0.4) is 0 Å². The van der Waals surface area contributed by atoms with Crippen molar-refractivity contribution in [3.05, 3.63) is 27.0 Å². The molecular formula is C11H19N3O5S. The Morgan fingerprint density at radius 3 is 2.35 bits per heavy atom. The van der Waals surface area contributed by atoms with Crippen LogP contribution in [-0.4, -0.2) is 46.7 Å². The van der Waals surface area contributed by atoms with E-state index in [-0.39, 0.29) is 19.7 Å². The molecule has 1 heterocycles. The number of sulfonamides is 1. The van der Waals surface area contributed by atoms with E-state index in [2.05, 4.69) is 0 Å². The summed E-state index contributed by atoms with van der Waals surface area (Å²) in [4.78, 5) is 23.1. The van der Waals surface area contributed by atoms with E-state index in [9.17, 15) is 18.0 Å². The molecule has 0 atom stereocenters. The van der Waals surface area contributed by atoms with Crippen LogP contribution in [0.4, 0.5) is 0 Å². The topological polar surface area (TPSA) is 102 Å². The standard InChI is InChI=1S/C11H19N3O5S/c1-4-5-14(6-7-15)20(18,19)9-8-12(2)11(17)13(3)10(9)16/h8,15H,4-7H2,1-3H3. The minimum atomic E-state index is -4.04. The van der Waals surface area contributed by atoms with Crippen LogP contribution in [0.25, 0.3) is 0 Å². The highest BCUT2D eigenvalue weighted by Crippen LogP contribution is 2.10. The molecule has 0 spiro atoms. The number of aliphatic hydroxyl groups is 1. The number of rotatable bonds is 6. The largest absolute Gasteiger partial charge is 0.395 e. The molecule has 0 aliphatic rings. The maximum atomic E-state index is 12.4. The van der Waals surface area contributed by atoms with Crippen molar-refractivity contribution in [2.24, 2.45) is 14.1 Å². The zero-order chi connectivity index (χ0) is 15.5. The Bertz CT molecular complexity index is 683. The van der Waals surface area contributed by atoms with E-state index in [0.29, 0.717) is 6.42 Å². The van der Waals surface area contributed by atoms with Crippen LogP contribution in [0.1, 0.15) is 13.3 Å². The van der Waals surface area contributed by atoms with Crippen LogP contribution in [0.2, 0.25) is 0 Å². The number of nitrogens with zero attached hydrogens (tertiary/aromatic N) is 3. The molecule has 0 saturated heterocycles. The highest BCUT2D eigenvalue weighted by atomic mass is 32.2. The minimum absolute atomic E-state index is 0.0951. The summed E-state index contributed by atoms with van der Waals surface area (Å²) in [7, 11) is -1.44. The van der Waals surface area contributed by atoms with Crippen molar-refractivity contribution in [3.63, 3.8) is 0 Å². The summed E-state index contributed by atoms with van der Waals surface area (Å²) in [6.07, 6.45) is 1.56. The van der Waals surface area contributed by atoms with Gasteiger partial charge in [0.2, 0.25) is 10.0 Å². The fourth-order valence-corrected chi connectivity index (χ4v) is 3.48. The van der Waals surface area contributed by atoms with Crippen molar-refractivity contribution in [2.45, 2.75) is 18.2 Å². The number of aliphatic hydroxyl groups excluding tert-OH is 1. The van der Waals surface area contributed by atoms with Gasteiger partial charge in [-0.15, -0.1) is 0 Å². The van der Waals surface area contributed by atoms with Gasteiger partial charge in [-0.2, -0.15) is 4.31 Å².